The Bertz CT molecular complexity index is 644. The Morgan fingerprint density at radius 2 is 2.04 bits per heavy atom. The van der Waals surface area contributed by atoms with E-state index in [4.69, 9.17) is 4.99 Å². The third kappa shape index (κ3) is 3.54. The molecule has 1 amide bonds. The van der Waals surface area contributed by atoms with Crippen molar-refractivity contribution < 1.29 is 9.59 Å². The minimum Gasteiger partial charge on any atom is -0.342 e. The quantitative estimate of drug-likeness (QED) is 0.859. The van der Waals surface area contributed by atoms with Gasteiger partial charge in [0, 0.05) is 25.7 Å². The second-order valence-corrected chi connectivity index (χ2v) is 6.52. The minimum atomic E-state index is -0.254. The molecular formula is C18H25N3O2. The molecule has 124 valence electrons. The van der Waals surface area contributed by atoms with Crippen LogP contribution in [0.4, 0.5) is 0 Å². The lowest BCUT2D eigenvalue weighted by Gasteiger charge is -2.18. The number of likely N-dealkylation sites (tertiary alicyclic amines) is 1. The van der Waals surface area contributed by atoms with Gasteiger partial charge >= 0.3 is 0 Å². The van der Waals surface area contributed by atoms with Gasteiger partial charge < -0.3 is 4.90 Å². The smallest absolute Gasteiger partial charge is 0.237 e. The van der Waals surface area contributed by atoms with E-state index in [1.807, 2.05) is 25.1 Å². The van der Waals surface area contributed by atoms with Crippen molar-refractivity contribution in [2.24, 2.45) is 10.9 Å². The van der Waals surface area contributed by atoms with E-state index in [9.17, 15) is 9.59 Å². The standard InChI is InChI=1S/C18H25N3O2/c1-2-20-13-14(12-17(20)22)18(23)21-11-7-6-10-16(21)19-15-8-4-3-5-9-15/h6-7,10-11,14-15H,2-5,8-9,12-13H2,1H3. The Balaban J connectivity index is 1.84. The molecule has 1 aliphatic carbocycles. The fourth-order valence-corrected chi connectivity index (χ4v) is 3.56. The van der Waals surface area contributed by atoms with Crippen molar-refractivity contribution in [1.29, 1.82) is 0 Å². The molecule has 0 spiro atoms. The highest BCUT2D eigenvalue weighted by Crippen LogP contribution is 2.20. The van der Waals surface area contributed by atoms with Gasteiger partial charge in [-0.1, -0.05) is 25.3 Å². The van der Waals surface area contributed by atoms with Crippen LogP contribution in [0.2, 0.25) is 0 Å². The average molecular weight is 315 g/mol. The van der Waals surface area contributed by atoms with E-state index in [-0.39, 0.29) is 17.7 Å². The van der Waals surface area contributed by atoms with Gasteiger partial charge in [-0.05, 0) is 31.9 Å². The van der Waals surface area contributed by atoms with Gasteiger partial charge in [0.25, 0.3) is 0 Å². The second kappa shape index (κ2) is 7.11. The van der Waals surface area contributed by atoms with Gasteiger partial charge in [0.05, 0.1) is 12.0 Å². The van der Waals surface area contributed by atoms with Crippen LogP contribution >= 0.6 is 0 Å². The van der Waals surface area contributed by atoms with Crippen molar-refractivity contribution in [3.63, 3.8) is 0 Å². The van der Waals surface area contributed by atoms with Crippen LogP contribution in [0.5, 0.6) is 0 Å². The Kier molecular flexibility index (Phi) is 4.94. The fraction of sp³-hybridized carbons (Fsp3) is 0.611. The lowest BCUT2D eigenvalue weighted by atomic mass is 9.96. The molecule has 1 aliphatic heterocycles. The topological polar surface area (TPSA) is 54.7 Å². The largest absolute Gasteiger partial charge is 0.342 e. The predicted octanol–water partition coefficient (Wildman–Crippen LogP) is 2.23. The molecule has 1 aromatic rings. The van der Waals surface area contributed by atoms with Crippen LogP contribution < -0.4 is 5.49 Å². The van der Waals surface area contributed by atoms with Crippen molar-refractivity contribution in [2.45, 2.75) is 51.5 Å². The van der Waals surface area contributed by atoms with Crippen molar-refractivity contribution in [1.82, 2.24) is 9.47 Å². The lowest BCUT2D eigenvalue weighted by Crippen LogP contribution is -2.34. The van der Waals surface area contributed by atoms with Crippen LogP contribution in [-0.4, -0.2) is 40.4 Å². The molecule has 1 saturated carbocycles. The number of carbonyl (C=O) groups is 2. The molecule has 2 heterocycles. The molecule has 2 fully saturated rings. The number of pyridine rings is 1. The van der Waals surface area contributed by atoms with Crippen LogP contribution in [-0.2, 0) is 4.79 Å². The number of carbonyl (C=O) groups excluding carboxylic acids is 2. The molecule has 1 saturated heterocycles. The van der Waals surface area contributed by atoms with Crippen molar-refractivity contribution in [2.75, 3.05) is 13.1 Å². The number of hydrogen-bond acceptors (Lipinski definition) is 3. The molecule has 5 heteroatoms. The van der Waals surface area contributed by atoms with E-state index in [1.165, 1.54) is 19.3 Å². The van der Waals surface area contributed by atoms with Gasteiger partial charge in [0.15, 0.2) is 0 Å². The SMILES string of the molecule is CCN1CC(C(=O)n2ccccc2=NC2CCCCC2)CC1=O. The summed E-state index contributed by atoms with van der Waals surface area (Å²) >= 11 is 0. The summed E-state index contributed by atoms with van der Waals surface area (Å²) in [7, 11) is 0. The summed E-state index contributed by atoms with van der Waals surface area (Å²) in [5, 5.41) is 0. The van der Waals surface area contributed by atoms with E-state index in [2.05, 4.69) is 0 Å². The maximum atomic E-state index is 12.8. The number of rotatable bonds is 3. The van der Waals surface area contributed by atoms with Crippen LogP contribution in [0.25, 0.3) is 0 Å². The summed E-state index contributed by atoms with van der Waals surface area (Å²) < 4.78 is 1.64. The summed E-state index contributed by atoms with van der Waals surface area (Å²) in [5.41, 5.74) is 0.729. The zero-order chi connectivity index (χ0) is 16.2. The van der Waals surface area contributed by atoms with E-state index < -0.39 is 0 Å². The number of amides is 1. The van der Waals surface area contributed by atoms with E-state index in [1.54, 1.807) is 15.7 Å². The summed E-state index contributed by atoms with van der Waals surface area (Å²) in [6.07, 6.45) is 8.04. The molecule has 1 unspecified atom stereocenters. The highest BCUT2D eigenvalue weighted by atomic mass is 16.2. The third-order valence-corrected chi connectivity index (χ3v) is 4.91. The first-order valence-corrected chi connectivity index (χ1v) is 8.72. The van der Waals surface area contributed by atoms with Gasteiger partial charge in [0.2, 0.25) is 11.8 Å². The molecule has 5 nitrogen and oxygen atoms in total. The van der Waals surface area contributed by atoms with Crippen LogP contribution in [0.3, 0.4) is 0 Å². The number of hydrogen-bond donors (Lipinski definition) is 0. The third-order valence-electron chi connectivity index (χ3n) is 4.91. The normalized spacial score (nSPS) is 23.5. The van der Waals surface area contributed by atoms with Crippen LogP contribution in [0.1, 0.15) is 50.2 Å². The lowest BCUT2D eigenvalue weighted by molar-refractivity contribution is -0.127. The molecule has 0 bridgehead atoms. The zero-order valence-corrected chi connectivity index (χ0v) is 13.8. The Labute approximate surface area is 137 Å². The van der Waals surface area contributed by atoms with Gasteiger partial charge in [-0.25, -0.2) is 0 Å². The summed E-state index contributed by atoms with van der Waals surface area (Å²) in [6.45, 7) is 3.14. The molecular weight excluding hydrogens is 290 g/mol. The monoisotopic (exact) mass is 315 g/mol. The Hall–Kier alpha value is -1.91. The van der Waals surface area contributed by atoms with E-state index in [0.29, 0.717) is 25.6 Å². The molecule has 0 radical (unpaired) electrons. The van der Waals surface area contributed by atoms with Gasteiger partial charge in [-0.2, -0.15) is 0 Å². The van der Waals surface area contributed by atoms with Gasteiger partial charge in [-0.3, -0.25) is 19.1 Å². The maximum Gasteiger partial charge on any atom is 0.237 e. The highest BCUT2D eigenvalue weighted by Gasteiger charge is 2.34. The molecule has 23 heavy (non-hydrogen) atoms. The average Bonchev–Trinajstić information content (AvgIpc) is 2.97. The zero-order valence-electron chi connectivity index (χ0n) is 13.8. The van der Waals surface area contributed by atoms with Crippen LogP contribution in [0, 0.1) is 5.92 Å². The van der Waals surface area contributed by atoms with E-state index in [0.717, 1.165) is 18.3 Å². The first-order valence-electron chi connectivity index (χ1n) is 8.72. The Morgan fingerprint density at radius 1 is 1.26 bits per heavy atom. The molecule has 1 atom stereocenters. The summed E-state index contributed by atoms with van der Waals surface area (Å²) in [6, 6.07) is 6.00. The number of nitrogens with zero attached hydrogens (tertiary/aromatic N) is 3. The molecule has 2 aliphatic rings. The first-order chi connectivity index (χ1) is 11.2. The van der Waals surface area contributed by atoms with Crippen LogP contribution in [0.15, 0.2) is 29.4 Å². The predicted molar refractivity (Wildman–Crippen MR) is 87.9 cm³/mol. The highest BCUT2D eigenvalue weighted by molar-refractivity contribution is 5.90. The Morgan fingerprint density at radius 3 is 2.74 bits per heavy atom. The van der Waals surface area contributed by atoms with E-state index >= 15 is 0 Å². The van der Waals surface area contributed by atoms with Crippen molar-refractivity contribution in [3.8, 4) is 0 Å². The molecule has 1 aromatic heterocycles. The van der Waals surface area contributed by atoms with Gasteiger partial charge in [0.1, 0.15) is 5.49 Å². The van der Waals surface area contributed by atoms with Gasteiger partial charge in [-0.15, -0.1) is 0 Å². The fourth-order valence-electron chi connectivity index (χ4n) is 3.56. The first kappa shape index (κ1) is 16.0. The molecule has 3 rings (SSSR count). The van der Waals surface area contributed by atoms with Crippen molar-refractivity contribution in [3.05, 3.63) is 29.9 Å². The minimum absolute atomic E-state index is 0.00976. The molecule has 0 aromatic carbocycles. The maximum absolute atomic E-state index is 12.8. The van der Waals surface area contributed by atoms with Crippen molar-refractivity contribution >= 4 is 11.8 Å². The summed E-state index contributed by atoms with van der Waals surface area (Å²) in [4.78, 5) is 31.3. The number of aromatic nitrogens is 1. The molecule has 0 N–H and O–H groups in total. The second-order valence-electron chi connectivity index (χ2n) is 6.52. The summed E-state index contributed by atoms with van der Waals surface area (Å²) in [5.74, 6) is -0.187.